The Morgan fingerprint density at radius 2 is 1.81 bits per heavy atom. The summed E-state index contributed by atoms with van der Waals surface area (Å²) in [6.45, 7) is 7.90. The maximum absolute atomic E-state index is 13.2. The first-order chi connectivity index (χ1) is 15.2. The SMILES string of the molecule is CCNC(=NCc1cccc(Cn2ccnc2)c1)N1CCN(c2ccc(F)cc2)CC1.I. The molecule has 32 heavy (non-hydrogen) atoms. The van der Waals surface area contributed by atoms with Crippen LogP contribution >= 0.6 is 24.0 Å². The second kappa shape index (κ2) is 11.8. The molecule has 1 aliphatic rings. The van der Waals surface area contributed by atoms with Crippen LogP contribution in [0.1, 0.15) is 18.1 Å². The minimum absolute atomic E-state index is 0. The number of rotatable bonds is 6. The van der Waals surface area contributed by atoms with Crippen molar-refractivity contribution in [1.82, 2.24) is 19.8 Å². The van der Waals surface area contributed by atoms with Gasteiger partial charge in [0.1, 0.15) is 5.82 Å². The van der Waals surface area contributed by atoms with Gasteiger partial charge in [0.2, 0.25) is 0 Å². The summed E-state index contributed by atoms with van der Waals surface area (Å²) in [6, 6.07) is 15.3. The summed E-state index contributed by atoms with van der Waals surface area (Å²) in [7, 11) is 0. The molecule has 0 amide bonds. The summed E-state index contributed by atoms with van der Waals surface area (Å²) in [5, 5.41) is 3.43. The minimum Gasteiger partial charge on any atom is -0.368 e. The maximum Gasteiger partial charge on any atom is 0.194 e. The van der Waals surface area contributed by atoms with E-state index < -0.39 is 0 Å². The molecule has 1 aliphatic heterocycles. The Morgan fingerprint density at radius 1 is 1.06 bits per heavy atom. The van der Waals surface area contributed by atoms with Crippen LogP contribution in [0.25, 0.3) is 0 Å². The van der Waals surface area contributed by atoms with Crippen molar-refractivity contribution in [2.24, 2.45) is 4.99 Å². The van der Waals surface area contributed by atoms with Gasteiger partial charge in [-0.05, 0) is 42.3 Å². The van der Waals surface area contributed by atoms with E-state index in [0.717, 1.165) is 50.9 Å². The molecule has 8 heteroatoms. The molecule has 1 saturated heterocycles. The minimum atomic E-state index is -0.196. The van der Waals surface area contributed by atoms with E-state index in [-0.39, 0.29) is 29.8 Å². The molecule has 1 aromatic heterocycles. The number of nitrogens with zero attached hydrogens (tertiary/aromatic N) is 5. The van der Waals surface area contributed by atoms with Crippen molar-refractivity contribution in [1.29, 1.82) is 0 Å². The molecule has 2 heterocycles. The lowest BCUT2D eigenvalue weighted by Crippen LogP contribution is -2.52. The van der Waals surface area contributed by atoms with Crippen molar-refractivity contribution in [3.63, 3.8) is 0 Å². The number of aliphatic imine (C=N–C) groups is 1. The van der Waals surface area contributed by atoms with Gasteiger partial charge in [-0.2, -0.15) is 0 Å². The fraction of sp³-hybridized carbons (Fsp3) is 0.333. The van der Waals surface area contributed by atoms with E-state index in [0.29, 0.717) is 6.54 Å². The summed E-state index contributed by atoms with van der Waals surface area (Å²) in [5.41, 5.74) is 3.50. The van der Waals surface area contributed by atoms with Gasteiger partial charge in [-0.1, -0.05) is 24.3 Å². The standard InChI is InChI=1S/C24H29FN6.HI/c1-2-27-24(31-14-12-30(13-15-31)23-8-6-22(25)7-9-23)28-17-20-4-3-5-21(16-20)18-29-11-10-26-19-29;/h3-11,16,19H,2,12-15,17-18H2,1H3,(H,27,28);1H. The average molecular weight is 548 g/mol. The number of halogens is 2. The summed E-state index contributed by atoms with van der Waals surface area (Å²) >= 11 is 0. The lowest BCUT2D eigenvalue weighted by atomic mass is 10.1. The van der Waals surface area contributed by atoms with Gasteiger partial charge in [0.05, 0.1) is 12.9 Å². The maximum atomic E-state index is 13.2. The first-order valence-corrected chi connectivity index (χ1v) is 10.8. The average Bonchev–Trinajstić information content (AvgIpc) is 3.31. The molecule has 0 saturated carbocycles. The molecule has 3 aromatic rings. The van der Waals surface area contributed by atoms with Crippen LogP contribution in [0.3, 0.4) is 0 Å². The van der Waals surface area contributed by atoms with Crippen LogP contribution in [0, 0.1) is 5.82 Å². The highest BCUT2D eigenvalue weighted by atomic mass is 127. The number of hydrogen-bond donors (Lipinski definition) is 1. The Balaban J connectivity index is 0.00000289. The molecule has 0 aliphatic carbocycles. The van der Waals surface area contributed by atoms with E-state index in [1.165, 1.54) is 23.3 Å². The largest absolute Gasteiger partial charge is 0.368 e. The summed E-state index contributed by atoms with van der Waals surface area (Å²) in [5.74, 6) is 0.749. The second-order valence-corrected chi connectivity index (χ2v) is 7.68. The molecule has 6 nitrogen and oxygen atoms in total. The Labute approximate surface area is 206 Å². The van der Waals surface area contributed by atoms with Gasteiger partial charge < -0.3 is 19.7 Å². The predicted molar refractivity (Wildman–Crippen MR) is 138 cm³/mol. The molecule has 170 valence electrons. The number of benzene rings is 2. The summed E-state index contributed by atoms with van der Waals surface area (Å²) < 4.78 is 15.3. The summed E-state index contributed by atoms with van der Waals surface area (Å²) in [4.78, 5) is 13.6. The van der Waals surface area contributed by atoms with Crippen LogP contribution in [0.4, 0.5) is 10.1 Å². The Kier molecular flexibility index (Phi) is 8.90. The molecule has 0 bridgehead atoms. The molecular weight excluding hydrogens is 518 g/mol. The lowest BCUT2D eigenvalue weighted by Gasteiger charge is -2.37. The monoisotopic (exact) mass is 548 g/mol. The predicted octanol–water partition coefficient (Wildman–Crippen LogP) is 3.98. The quantitative estimate of drug-likeness (QED) is 0.288. The third kappa shape index (κ3) is 6.44. The number of nitrogens with one attached hydrogen (secondary N) is 1. The first kappa shape index (κ1) is 24.0. The van der Waals surface area contributed by atoms with Crippen molar-refractivity contribution in [2.45, 2.75) is 20.0 Å². The van der Waals surface area contributed by atoms with Gasteiger partial charge in [0.15, 0.2) is 5.96 Å². The number of anilines is 1. The van der Waals surface area contributed by atoms with Gasteiger partial charge >= 0.3 is 0 Å². The van der Waals surface area contributed by atoms with Gasteiger partial charge in [-0.25, -0.2) is 14.4 Å². The smallest absolute Gasteiger partial charge is 0.194 e. The van der Waals surface area contributed by atoms with Crippen LogP contribution in [-0.2, 0) is 13.1 Å². The Bertz CT molecular complexity index is 982. The molecule has 0 radical (unpaired) electrons. The van der Waals surface area contributed by atoms with Gasteiger partial charge in [-0.3, -0.25) is 0 Å². The molecule has 1 fully saturated rings. The van der Waals surface area contributed by atoms with Crippen LogP contribution in [0.2, 0.25) is 0 Å². The summed E-state index contributed by atoms with van der Waals surface area (Å²) in [6.07, 6.45) is 5.60. The van der Waals surface area contributed by atoms with Crippen molar-refractivity contribution in [3.05, 3.63) is 84.2 Å². The first-order valence-electron chi connectivity index (χ1n) is 10.8. The number of aromatic nitrogens is 2. The lowest BCUT2D eigenvalue weighted by molar-refractivity contribution is 0.372. The van der Waals surface area contributed by atoms with E-state index in [1.54, 1.807) is 6.20 Å². The fourth-order valence-electron chi connectivity index (χ4n) is 3.84. The third-order valence-corrected chi connectivity index (χ3v) is 5.43. The van der Waals surface area contributed by atoms with Crippen LogP contribution in [0.5, 0.6) is 0 Å². The highest BCUT2D eigenvalue weighted by Gasteiger charge is 2.19. The number of imidazole rings is 1. The number of hydrogen-bond acceptors (Lipinski definition) is 3. The second-order valence-electron chi connectivity index (χ2n) is 7.68. The van der Waals surface area contributed by atoms with Crippen LogP contribution in [0.15, 0.2) is 72.2 Å². The van der Waals surface area contributed by atoms with E-state index in [4.69, 9.17) is 4.99 Å². The highest BCUT2D eigenvalue weighted by molar-refractivity contribution is 14.0. The number of piperazine rings is 1. The molecule has 0 spiro atoms. The molecule has 0 atom stereocenters. The van der Waals surface area contributed by atoms with Crippen LogP contribution in [-0.4, -0.2) is 53.1 Å². The molecular formula is C24H30FIN6. The zero-order valence-corrected chi connectivity index (χ0v) is 20.7. The third-order valence-electron chi connectivity index (χ3n) is 5.43. The van der Waals surface area contributed by atoms with Crippen molar-refractivity contribution >= 4 is 35.6 Å². The fourth-order valence-corrected chi connectivity index (χ4v) is 3.84. The zero-order valence-electron chi connectivity index (χ0n) is 18.3. The Morgan fingerprint density at radius 3 is 2.50 bits per heavy atom. The van der Waals surface area contributed by atoms with E-state index in [9.17, 15) is 4.39 Å². The molecule has 4 rings (SSSR count). The number of guanidine groups is 1. The van der Waals surface area contributed by atoms with Crippen molar-refractivity contribution in [2.75, 3.05) is 37.6 Å². The zero-order chi connectivity index (χ0) is 21.5. The normalized spacial score (nSPS) is 14.2. The van der Waals surface area contributed by atoms with Crippen molar-refractivity contribution < 1.29 is 4.39 Å². The van der Waals surface area contributed by atoms with E-state index in [1.807, 2.05) is 24.7 Å². The highest BCUT2D eigenvalue weighted by Crippen LogP contribution is 2.17. The Hall–Kier alpha value is -2.62. The topological polar surface area (TPSA) is 48.7 Å². The van der Waals surface area contributed by atoms with E-state index in [2.05, 4.69) is 55.9 Å². The van der Waals surface area contributed by atoms with Gasteiger partial charge in [-0.15, -0.1) is 24.0 Å². The van der Waals surface area contributed by atoms with E-state index >= 15 is 0 Å². The van der Waals surface area contributed by atoms with Crippen molar-refractivity contribution in [3.8, 4) is 0 Å². The molecule has 0 unspecified atom stereocenters. The van der Waals surface area contributed by atoms with Gasteiger partial charge in [0.25, 0.3) is 0 Å². The molecule has 2 aromatic carbocycles. The van der Waals surface area contributed by atoms with Gasteiger partial charge in [0, 0.05) is 57.3 Å². The molecule has 1 N–H and O–H groups in total. The van der Waals surface area contributed by atoms with Crippen LogP contribution < -0.4 is 10.2 Å².